The second-order valence-electron chi connectivity index (χ2n) is 7.49. The van der Waals surface area contributed by atoms with Gasteiger partial charge in [0.25, 0.3) is 5.91 Å². The van der Waals surface area contributed by atoms with Gasteiger partial charge in [-0.1, -0.05) is 24.3 Å². The van der Waals surface area contributed by atoms with E-state index < -0.39 is 10.0 Å². The van der Waals surface area contributed by atoms with E-state index in [1.165, 1.54) is 27.1 Å². The molecule has 0 spiro atoms. The maximum Gasteiger partial charge on any atom is 0.255 e. The van der Waals surface area contributed by atoms with Crippen molar-refractivity contribution in [3.63, 3.8) is 0 Å². The molecule has 3 aromatic rings. The Morgan fingerprint density at radius 1 is 0.964 bits per heavy atom. The molecule has 0 aromatic heterocycles. The minimum Gasteiger partial charge on any atom is -0.321 e. The first-order valence-corrected chi connectivity index (χ1v) is 11.2. The second kappa shape index (κ2) is 6.07. The Balaban J connectivity index is 1.47. The number of aryl methyl sites for hydroxylation is 2. The summed E-state index contributed by atoms with van der Waals surface area (Å²) >= 11 is 0. The van der Waals surface area contributed by atoms with Crippen LogP contribution >= 0.6 is 0 Å². The average Bonchev–Trinajstić information content (AvgIpc) is 3.28. The van der Waals surface area contributed by atoms with Gasteiger partial charge in [-0.15, -0.1) is 0 Å². The van der Waals surface area contributed by atoms with E-state index in [-0.39, 0.29) is 5.91 Å². The van der Waals surface area contributed by atoms with Crippen molar-refractivity contribution in [3.8, 4) is 0 Å². The van der Waals surface area contributed by atoms with Crippen LogP contribution in [0.2, 0.25) is 0 Å². The van der Waals surface area contributed by atoms with Gasteiger partial charge >= 0.3 is 0 Å². The molecule has 6 heteroatoms. The zero-order chi connectivity index (χ0) is 19.5. The van der Waals surface area contributed by atoms with E-state index in [4.69, 9.17) is 0 Å². The lowest BCUT2D eigenvalue weighted by molar-refractivity contribution is 0.102. The maximum atomic E-state index is 12.9. The molecule has 0 saturated heterocycles. The number of nitrogens with zero attached hydrogens (tertiary/aromatic N) is 1. The molecule has 0 fully saturated rings. The number of nitrogens with one attached hydrogen (secondary N) is 1. The van der Waals surface area contributed by atoms with Gasteiger partial charge in [0.05, 0.1) is 11.9 Å². The normalized spacial score (nSPS) is 15.1. The predicted octanol–water partition coefficient (Wildman–Crippen LogP) is 3.51. The van der Waals surface area contributed by atoms with Gasteiger partial charge in [-0.25, -0.2) is 8.42 Å². The van der Waals surface area contributed by atoms with Crippen molar-refractivity contribution in [2.24, 2.45) is 0 Å². The van der Waals surface area contributed by atoms with Crippen LogP contribution in [0.3, 0.4) is 0 Å². The Hall–Kier alpha value is -2.86. The fourth-order valence-electron chi connectivity index (χ4n) is 4.41. The topological polar surface area (TPSA) is 66.5 Å². The summed E-state index contributed by atoms with van der Waals surface area (Å²) in [5, 5.41) is 5.38. The SMILES string of the molecule is CS(=O)(=O)N1CCc2cc(C(=O)Nc3ccc4c5c(cccc35)CC4)ccc21. The molecule has 28 heavy (non-hydrogen) atoms. The smallest absolute Gasteiger partial charge is 0.255 e. The number of amides is 1. The Morgan fingerprint density at radius 2 is 1.75 bits per heavy atom. The van der Waals surface area contributed by atoms with Gasteiger partial charge in [-0.3, -0.25) is 9.10 Å². The number of hydrogen-bond acceptors (Lipinski definition) is 3. The maximum absolute atomic E-state index is 12.9. The van der Waals surface area contributed by atoms with Gasteiger partial charge in [0.15, 0.2) is 0 Å². The van der Waals surface area contributed by atoms with Crippen LogP contribution in [0, 0.1) is 0 Å². The van der Waals surface area contributed by atoms with Crippen LogP contribution in [0.1, 0.15) is 27.0 Å². The van der Waals surface area contributed by atoms with E-state index >= 15 is 0 Å². The van der Waals surface area contributed by atoms with Crippen LogP contribution in [-0.4, -0.2) is 27.1 Å². The highest BCUT2D eigenvalue weighted by Gasteiger charge is 2.27. The third-order valence-electron chi connectivity index (χ3n) is 5.72. The van der Waals surface area contributed by atoms with Gasteiger partial charge in [0.1, 0.15) is 0 Å². The first-order valence-electron chi connectivity index (χ1n) is 9.37. The molecule has 2 aliphatic rings. The van der Waals surface area contributed by atoms with E-state index in [1.807, 2.05) is 12.1 Å². The molecular formula is C22H20N2O3S. The highest BCUT2D eigenvalue weighted by molar-refractivity contribution is 7.92. The third-order valence-corrected chi connectivity index (χ3v) is 6.90. The highest BCUT2D eigenvalue weighted by atomic mass is 32.2. The van der Waals surface area contributed by atoms with Gasteiger partial charge in [-0.05, 0) is 65.6 Å². The molecule has 142 valence electrons. The molecule has 0 radical (unpaired) electrons. The van der Waals surface area contributed by atoms with Crippen molar-refractivity contribution < 1.29 is 13.2 Å². The van der Waals surface area contributed by atoms with Crippen LogP contribution in [0.5, 0.6) is 0 Å². The van der Waals surface area contributed by atoms with Crippen molar-refractivity contribution in [3.05, 3.63) is 70.8 Å². The summed E-state index contributed by atoms with van der Waals surface area (Å²) in [5.74, 6) is -0.181. The van der Waals surface area contributed by atoms with Crippen molar-refractivity contribution in [2.45, 2.75) is 19.3 Å². The Bertz CT molecular complexity index is 1240. The lowest BCUT2D eigenvalue weighted by atomic mass is 10.0. The molecule has 0 saturated carbocycles. The molecule has 5 nitrogen and oxygen atoms in total. The van der Waals surface area contributed by atoms with E-state index in [1.54, 1.807) is 18.2 Å². The van der Waals surface area contributed by atoms with Crippen LogP contribution < -0.4 is 9.62 Å². The third kappa shape index (κ3) is 2.67. The molecule has 1 aliphatic carbocycles. The Morgan fingerprint density at radius 3 is 2.54 bits per heavy atom. The molecule has 1 N–H and O–H groups in total. The molecule has 3 aromatic carbocycles. The summed E-state index contributed by atoms with van der Waals surface area (Å²) in [6.45, 7) is 0.425. The number of carbonyl (C=O) groups excluding carboxylic acids is 1. The highest BCUT2D eigenvalue weighted by Crippen LogP contribution is 2.35. The zero-order valence-electron chi connectivity index (χ0n) is 15.5. The van der Waals surface area contributed by atoms with E-state index in [0.29, 0.717) is 24.2 Å². The number of anilines is 2. The first kappa shape index (κ1) is 17.3. The van der Waals surface area contributed by atoms with Gasteiger partial charge in [0.2, 0.25) is 10.0 Å². The summed E-state index contributed by atoms with van der Waals surface area (Å²) in [6.07, 6.45) is 3.92. The summed E-state index contributed by atoms with van der Waals surface area (Å²) in [4.78, 5) is 12.9. The quantitative estimate of drug-likeness (QED) is 0.742. The molecular weight excluding hydrogens is 372 g/mol. The minimum absolute atomic E-state index is 0.181. The monoisotopic (exact) mass is 392 g/mol. The number of rotatable bonds is 3. The average molecular weight is 392 g/mol. The largest absolute Gasteiger partial charge is 0.321 e. The molecule has 1 heterocycles. The fraction of sp³-hybridized carbons (Fsp3) is 0.227. The van der Waals surface area contributed by atoms with Crippen molar-refractivity contribution in [2.75, 3.05) is 22.4 Å². The van der Waals surface area contributed by atoms with Crippen molar-refractivity contribution in [1.29, 1.82) is 0 Å². The zero-order valence-corrected chi connectivity index (χ0v) is 16.3. The molecule has 0 atom stereocenters. The van der Waals surface area contributed by atoms with Crippen LogP contribution in [0.4, 0.5) is 11.4 Å². The predicted molar refractivity (Wildman–Crippen MR) is 112 cm³/mol. The van der Waals surface area contributed by atoms with Crippen LogP contribution in [0.25, 0.3) is 10.8 Å². The molecule has 0 unspecified atom stereocenters. The van der Waals surface area contributed by atoms with Crippen LogP contribution in [0.15, 0.2) is 48.5 Å². The minimum atomic E-state index is -3.29. The molecule has 1 aliphatic heterocycles. The number of sulfonamides is 1. The van der Waals surface area contributed by atoms with Crippen LogP contribution in [-0.2, 0) is 29.3 Å². The Labute approximate surface area is 164 Å². The summed E-state index contributed by atoms with van der Waals surface area (Å²) in [5.41, 5.74) is 5.58. The summed E-state index contributed by atoms with van der Waals surface area (Å²) < 4.78 is 25.2. The molecule has 1 amide bonds. The number of fused-ring (bicyclic) bond motifs is 1. The van der Waals surface area contributed by atoms with Crippen molar-refractivity contribution >= 4 is 38.1 Å². The van der Waals surface area contributed by atoms with E-state index in [2.05, 4.69) is 23.5 Å². The van der Waals surface area contributed by atoms with Gasteiger partial charge < -0.3 is 5.32 Å². The standard InChI is InChI=1S/C22H20N2O3S/c1-28(26,27)24-12-11-16-13-17(8-10-20(16)24)22(25)23-19-9-7-15-6-5-14-3-2-4-18(19)21(14)15/h2-4,7-10,13H,5-6,11-12H2,1H3,(H,23,25). The fourth-order valence-corrected chi connectivity index (χ4v) is 5.37. The lowest BCUT2D eigenvalue weighted by Gasteiger charge is -2.16. The number of benzene rings is 3. The lowest BCUT2D eigenvalue weighted by Crippen LogP contribution is -2.27. The van der Waals surface area contributed by atoms with E-state index in [9.17, 15) is 13.2 Å². The van der Waals surface area contributed by atoms with E-state index in [0.717, 1.165) is 29.5 Å². The van der Waals surface area contributed by atoms with Gasteiger partial charge in [-0.2, -0.15) is 0 Å². The summed E-state index contributed by atoms with van der Waals surface area (Å²) in [6, 6.07) is 15.5. The first-order chi connectivity index (χ1) is 13.4. The molecule has 5 rings (SSSR count). The summed E-state index contributed by atoms with van der Waals surface area (Å²) in [7, 11) is -3.29. The van der Waals surface area contributed by atoms with Crippen molar-refractivity contribution in [1.82, 2.24) is 0 Å². The number of carbonyl (C=O) groups is 1. The second-order valence-corrected chi connectivity index (χ2v) is 9.40. The van der Waals surface area contributed by atoms with Gasteiger partial charge in [0, 0.05) is 23.2 Å². The Kier molecular flexibility index (Phi) is 3.74. The number of hydrogen-bond donors (Lipinski definition) is 1. The molecule has 0 bridgehead atoms.